The molecular weight excluding hydrogens is 449 g/mol. The summed E-state index contributed by atoms with van der Waals surface area (Å²) in [6.07, 6.45) is 2.16. The minimum Gasteiger partial charge on any atom is -0.370 e. The number of anilines is 1. The Kier molecular flexibility index (Phi) is 6.34. The van der Waals surface area contributed by atoms with E-state index in [2.05, 4.69) is 46.4 Å². The van der Waals surface area contributed by atoms with Crippen molar-refractivity contribution in [1.29, 1.82) is 0 Å². The molecule has 0 aliphatic carbocycles. The van der Waals surface area contributed by atoms with Crippen molar-refractivity contribution >= 4 is 16.6 Å². The number of hydrogen-bond donors (Lipinski definition) is 2. The van der Waals surface area contributed by atoms with Crippen molar-refractivity contribution in [3.63, 3.8) is 0 Å². The molecule has 1 atom stereocenters. The van der Waals surface area contributed by atoms with E-state index >= 15 is 0 Å². The molecule has 7 heteroatoms. The number of para-hydroxylation sites is 1. The van der Waals surface area contributed by atoms with Gasteiger partial charge in [-0.25, -0.2) is 13.2 Å². The van der Waals surface area contributed by atoms with Gasteiger partial charge in [0.25, 0.3) is 0 Å². The van der Waals surface area contributed by atoms with Gasteiger partial charge in [0.2, 0.25) is 0 Å². The molecular formula is C28H35F3N4. The molecule has 1 spiro atoms. The molecule has 2 fully saturated rings. The molecule has 0 saturated carbocycles. The fourth-order valence-corrected chi connectivity index (χ4v) is 5.84. The number of rotatable bonds is 3. The van der Waals surface area contributed by atoms with E-state index in [1.807, 2.05) is 4.90 Å². The lowest BCUT2D eigenvalue weighted by Crippen LogP contribution is -2.57. The first-order chi connectivity index (χ1) is 16.6. The zero-order valence-corrected chi connectivity index (χ0v) is 20.8. The van der Waals surface area contributed by atoms with Crippen LogP contribution in [0.4, 0.5) is 18.9 Å². The first-order valence-electron chi connectivity index (χ1n) is 12.5. The van der Waals surface area contributed by atoms with Crippen LogP contribution in [-0.4, -0.2) is 54.3 Å². The van der Waals surface area contributed by atoms with Gasteiger partial charge in [0.1, 0.15) is 17.3 Å². The quantitative estimate of drug-likeness (QED) is 0.521. The molecule has 6 rings (SSSR count). The lowest BCUT2D eigenvalue weighted by molar-refractivity contribution is 0.0853. The molecule has 4 heterocycles. The number of aromatic amines is 1. The zero-order valence-electron chi connectivity index (χ0n) is 20.8. The van der Waals surface area contributed by atoms with Crippen LogP contribution in [-0.2, 0) is 13.0 Å². The van der Waals surface area contributed by atoms with Crippen LogP contribution in [0.1, 0.15) is 38.4 Å². The molecule has 2 aromatic carbocycles. The molecule has 4 nitrogen and oxygen atoms in total. The summed E-state index contributed by atoms with van der Waals surface area (Å²) in [7, 11) is 0. The van der Waals surface area contributed by atoms with E-state index in [1.54, 1.807) is 13.8 Å². The topological polar surface area (TPSA) is 34.3 Å². The summed E-state index contributed by atoms with van der Waals surface area (Å²) in [6.45, 7) is 10.7. The second kappa shape index (κ2) is 9.17. The van der Waals surface area contributed by atoms with E-state index in [0.717, 1.165) is 45.2 Å². The van der Waals surface area contributed by atoms with Crippen LogP contribution in [0.25, 0.3) is 10.9 Å². The first kappa shape index (κ1) is 24.2. The van der Waals surface area contributed by atoms with E-state index in [9.17, 15) is 13.2 Å². The number of benzene rings is 2. The largest absolute Gasteiger partial charge is 0.370 e. The highest BCUT2D eigenvalue weighted by molar-refractivity contribution is 5.84. The van der Waals surface area contributed by atoms with E-state index in [4.69, 9.17) is 0 Å². The smallest absolute Gasteiger partial charge is 0.128 e. The number of nitrogens with zero attached hydrogens (tertiary/aromatic N) is 2. The Balaban J connectivity index is 0.000000147. The molecule has 0 bridgehead atoms. The van der Waals surface area contributed by atoms with Crippen LogP contribution in [0.15, 0.2) is 42.5 Å². The molecule has 188 valence electrons. The Morgan fingerprint density at radius 3 is 2.46 bits per heavy atom. The molecule has 1 aromatic heterocycles. The number of halogens is 3. The van der Waals surface area contributed by atoms with Gasteiger partial charge in [-0.15, -0.1) is 0 Å². The minimum absolute atomic E-state index is 0.350. The SMILES string of the molecule is CC1Cc2c([nH]c3ccccc23)CN1CC(C)(C)F.Fc1cc(F)cc(N2CC3(CCNC3)C2)c1. The molecule has 3 aliphatic heterocycles. The van der Waals surface area contributed by atoms with Crippen molar-refractivity contribution in [2.45, 2.75) is 51.9 Å². The van der Waals surface area contributed by atoms with Gasteiger partial charge in [-0.05, 0) is 63.9 Å². The Morgan fingerprint density at radius 1 is 1.09 bits per heavy atom. The second-order valence-electron chi connectivity index (χ2n) is 11.2. The average molecular weight is 485 g/mol. The lowest BCUT2D eigenvalue weighted by atomic mass is 9.79. The van der Waals surface area contributed by atoms with Crippen LogP contribution in [0, 0.1) is 17.0 Å². The average Bonchev–Trinajstić information content (AvgIpc) is 3.37. The monoisotopic (exact) mass is 484 g/mol. The molecule has 3 aliphatic rings. The Morgan fingerprint density at radius 2 is 1.80 bits per heavy atom. The highest BCUT2D eigenvalue weighted by atomic mass is 19.1. The van der Waals surface area contributed by atoms with Gasteiger partial charge < -0.3 is 15.2 Å². The summed E-state index contributed by atoms with van der Waals surface area (Å²) in [6, 6.07) is 12.5. The molecule has 1 unspecified atom stereocenters. The summed E-state index contributed by atoms with van der Waals surface area (Å²) in [4.78, 5) is 7.76. The minimum atomic E-state index is -1.14. The van der Waals surface area contributed by atoms with Crippen LogP contribution >= 0.6 is 0 Å². The number of nitrogens with one attached hydrogen (secondary N) is 2. The second-order valence-corrected chi connectivity index (χ2v) is 11.2. The highest BCUT2D eigenvalue weighted by Gasteiger charge is 2.45. The number of aromatic nitrogens is 1. The van der Waals surface area contributed by atoms with Crippen LogP contribution < -0.4 is 10.2 Å². The van der Waals surface area contributed by atoms with E-state index < -0.39 is 17.3 Å². The zero-order chi connectivity index (χ0) is 24.8. The van der Waals surface area contributed by atoms with Crippen molar-refractivity contribution in [2.75, 3.05) is 37.6 Å². The van der Waals surface area contributed by atoms with Crippen LogP contribution in [0.5, 0.6) is 0 Å². The fraction of sp³-hybridized carbons (Fsp3) is 0.500. The maximum Gasteiger partial charge on any atom is 0.128 e. The van der Waals surface area contributed by atoms with Crippen LogP contribution in [0.3, 0.4) is 0 Å². The Hall–Kier alpha value is -2.51. The van der Waals surface area contributed by atoms with Gasteiger partial charge in [-0.1, -0.05) is 18.2 Å². The maximum absolute atomic E-state index is 13.9. The number of hydrogen-bond acceptors (Lipinski definition) is 3. The number of H-pyrrole nitrogens is 1. The van der Waals surface area contributed by atoms with Crippen molar-refractivity contribution in [3.05, 3.63) is 65.4 Å². The molecule has 0 amide bonds. The van der Waals surface area contributed by atoms with Crippen molar-refractivity contribution in [3.8, 4) is 0 Å². The van der Waals surface area contributed by atoms with Gasteiger partial charge in [-0.2, -0.15) is 0 Å². The van der Waals surface area contributed by atoms with Gasteiger partial charge in [0.05, 0.1) is 0 Å². The highest BCUT2D eigenvalue weighted by Crippen LogP contribution is 2.39. The third kappa shape index (κ3) is 5.21. The first-order valence-corrected chi connectivity index (χ1v) is 12.5. The number of alkyl halides is 1. The molecule has 3 aromatic rings. The Bertz CT molecular complexity index is 1160. The normalized spacial score (nSPS) is 21.5. The molecule has 35 heavy (non-hydrogen) atoms. The summed E-state index contributed by atoms with van der Waals surface area (Å²) in [5.41, 5.74) is 3.73. The molecule has 2 saturated heterocycles. The number of fused-ring (bicyclic) bond motifs is 3. The third-order valence-corrected chi connectivity index (χ3v) is 7.56. The van der Waals surface area contributed by atoms with Gasteiger partial charge >= 0.3 is 0 Å². The summed E-state index contributed by atoms with van der Waals surface area (Å²) in [5, 5.41) is 4.66. The maximum atomic E-state index is 13.9. The van der Waals surface area contributed by atoms with Crippen LogP contribution in [0.2, 0.25) is 0 Å². The standard InChI is InChI=1S/C16H21FN2.C12H14F2N2/c1-11-8-13-12-6-4-5-7-14(12)18-15(13)9-19(11)10-16(2,3)17;13-9-3-10(14)5-11(4-9)16-7-12(8-16)1-2-15-6-12/h4-7,11,18H,8-10H2,1-3H3;3-5,15H,1-2,6-8H2. The summed E-state index contributed by atoms with van der Waals surface area (Å²) in [5.74, 6) is -0.999. The van der Waals surface area contributed by atoms with Crippen molar-refractivity contribution in [2.24, 2.45) is 5.41 Å². The Labute approximate surface area is 205 Å². The molecule has 0 radical (unpaired) electrons. The lowest BCUT2D eigenvalue weighted by Gasteiger charge is -2.49. The van der Waals surface area contributed by atoms with Gasteiger partial charge in [0, 0.05) is 72.5 Å². The van der Waals surface area contributed by atoms with Crippen molar-refractivity contribution in [1.82, 2.24) is 15.2 Å². The van der Waals surface area contributed by atoms with Gasteiger partial charge in [0.15, 0.2) is 0 Å². The third-order valence-electron chi connectivity index (χ3n) is 7.56. The summed E-state index contributed by atoms with van der Waals surface area (Å²) >= 11 is 0. The predicted octanol–water partition coefficient (Wildman–Crippen LogP) is 5.43. The predicted molar refractivity (Wildman–Crippen MR) is 136 cm³/mol. The van der Waals surface area contributed by atoms with E-state index in [0.29, 0.717) is 23.7 Å². The fourth-order valence-electron chi connectivity index (χ4n) is 5.84. The van der Waals surface area contributed by atoms with Gasteiger partial charge in [-0.3, -0.25) is 4.90 Å². The van der Waals surface area contributed by atoms with Crippen molar-refractivity contribution < 1.29 is 13.2 Å². The van der Waals surface area contributed by atoms with E-state index in [1.165, 1.54) is 40.7 Å². The van der Waals surface area contributed by atoms with E-state index in [-0.39, 0.29) is 0 Å². The summed E-state index contributed by atoms with van der Waals surface area (Å²) < 4.78 is 40.0. The molecule has 2 N–H and O–H groups in total.